The normalized spacial score (nSPS) is 23.7. The number of hydrogen-bond donors (Lipinski definition) is 0. The van der Waals surface area contributed by atoms with Gasteiger partial charge in [0, 0.05) is 45.0 Å². The van der Waals surface area contributed by atoms with Crippen molar-refractivity contribution in [2.75, 3.05) is 40.4 Å². The fourth-order valence-corrected chi connectivity index (χ4v) is 4.19. The Kier molecular flexibility index (Phi) is 5.54. The van der Waals surface area contributed by atoms with Crippen LogP contribution in [0.3, 0.4) is 0 Å². The zero-order valence-corrected chi connectivity index (χ0v) is 15.6. The van der Waals surface area contributed by atoms with Gasteiger partial charge in [-0.05, 0) is 19.8 Å². The van der Waals surface area contributed by atoms with E-state index in [4.69, 9.17) is 9.47 Å². The zero-order chi connectivity index (χ0) is 17.2. The number of rotatable bonds is 5. The minimum Gasteiger partial charge on any atom is -0.372 e. The zero-order valence-electron chi connectivity index (χ0n) is 14.8. The number of likely N-dealkylation sites (N-methyl/N-ethyl adjacent to an activating group) is 1. The Morgan fingerprint density at radius 2 is 2.25 bits per heavy atom. The molecule has 24 heavy (non-hydrogen) atoms. The van der Waals surface area contributed by atoms with Crippen LogP contribution >= 0.6 is 11.3 Å². The van der Waals surface area contributed by atoms with E-state index in [0.717, 1.165) is 44.6 Å². The molecule has 3 rings (SSSR count). The summed E-state index contributed by atoms with van der Waals surface area (Å²) < 4.78 is 11.9. The first kappa shape index (κ1) is 17.8. The predicted molar refractivity (Wildman–Crippen MR) is 93.1 cm³/mol. The second-order valence-corrected chi connectivity index (χ2v) is 8.00. The summed E-state index contributed by atoms with van der Waals surface area (Å²) in [6, 6.07) is 0. The number of aromatic nitrogens is 1. The first-order valence-corrected chi connectivity index (χ1v) is 9.42. The van der Waals surface area contributed by atoms with Gasteiger partial charge in [-0.1, -0.05) is 0 Å². The van der Waals surface area contributed by atoms with Gasteiger partial charge in [-0.2, -0.15) is 0 Å². The van der Waals surface area contributed by atoms with Crippen molar-refractivity contribution in [3.05, 3.63) is 16.1 Å². The van der Waals surface area contributed by atoms with Crippen LogP contribution in [0.2, 0.25) is 0 Å². The standard InChI is InChI=1S/C17H27N3O3S/c1-13-15(24-12-18-13)9-20-6-4-17(5-7-20)8-14(10-23-17)22-11-16(21)19(2)3/h12,14H,4-11H2,1-3H3. The molecule has 134 valence electrons. The molecule has 1 aromatic rings. The Morgan fingerprint density at radius 1 is 1.50 bits per heavy atom. The number of ether oxygens (including phenoxy) is 2. The van der Waals surface area contributed by atoms with E-state index in [1.165, 1.54) is 4.88 Å². The maximum atomic E-state index is 11.6. The third kappa shape index (κ3) is 4.14. The number of piperidine rings is 1. The van der Waals surface area contributed by atoms with Crippen molar-refractivity contribution in [2.45, 2.75) is 44.4 Å². The lowest BCUT2D eigenvalue weighted by Gasteiger charge is -2.38. The van der Waals surface area contributed by atoms with Crippen LogP contribution in [0.1, 0.15) is 29.8 Å². The van der Waals surface area contributed by atoms with E-state index in [0.29, 0.717) is 6.61 Å². The van der Waals surface area contributed by atoms with Gasteiger partial charge in [-0.15, -0.1) is 11.3 Å². The highest BCUT2D eigenvalue weighted by Gasteiger charge is 2.43. The number of hydrogen-bond acceptors (Lipinski definition) is 6. The number of thiazole rings is 1. The molecule has 1 amide bonds. The SMILES string of the molecule is Cc1ncsc1CN1CCC2(CC1)CC(OCC(=O)N(C)C)CO2. The molecule has 0 bridgehead atoms. The van der Waals surface area contributed by atoms with Crippen LogP contribution in [0.4, 0.5) is 0 Å². The highest BCUT2D eigenvalue weighted by Crippen LogP contribution is 2.37. The topological polar surface area (TPSA) is 54.9 Å². The summed E-state index contributed by atoms with van der Waals surface area (Å²) in [7, 11) is 3.50. The number of amides is 1. The molecular weight excluding hydrogens is 326 g/mol. The third-order valence-electron chi connectivity index (χ3n) is 5.10. The minimum atomic E-state index is -0.0505. The quantitative estimate of drug-likeness (QED) is 0.806. The molecule has 1 unspecified atom stereocenters. The maximum absolute atomic E-state index is 11.6. The van der Waals surface area contributed by atoms with Crippen molar-refractivity contribution in [1.29, 1.82) is 0 Å². The van der Waals surface area contributed by atoms with Gasteiger partial charge < -0.3 is 14.4 Å². The van der Waals surface area contributed by atoms with E-state index in [1.54, 1.807) is 30.3 Å². The third-order valence-corrected chi connectivity index (χ3v) is 6.02. The Labute approximate surface area is 147 Å². The van der Waals surface area contributed by atoms with E-state index < -0.39 is 0 Å². The minimum absolute atomic E-state index is 0.00527. The first-order valence-electron chi connectivity index (χ1n) is 8.54. The van der Waals surface area contributed by atoms with Crippen molar-refractivity contribution in [1.82, 2.24) is 14.8 Å². The van der Waals surface area contributed by atoms with Crippen molar-refractivity contribution in [2.24, 2.45) is 0 Å². The molecule has 0 aromatic carbocycles. The van der Waals surface area contributed by atoms with E-state index in [-0.39, 0.29) is 24.2 Å². The van der Waals surface area contributed by atoms with Gasteiger partial charge in [0.25, 0.3) is 0 Å². The Bertz CT molecular complexity index is 567. The fraction of sp³-hybridized carbons (Fsp3) is 0.765. The van der Waals surface area contributed by atoms with Crippen LogP contribution in [0.15, 0.2) is 5.51 Å². The maximum Gasteiger partial charge on any atom is 0.248 e. The number of aryl methyl sites for hydroxylation is 1. The van der Waals surface area contributed by atoms with Gasteiger partial charge >= 0.3 is 0 Å². The van der Waals surface area contributed by atoms with Gasteiger partial charge in [0.15, 0.2) is 0 Å². The molecule has 2 fully saturated rings. The number of likely N-dealkylation sites (tertiary alicyclic amines) is 1. The average Bonchev–Trinajstić information content (AvgIpc) is 3.14. The molecule has 0 aliphatic carbocycles. The van der Waals surface area contributed by atoms with Gasteiger partial charge in [0.2, 0.25) is 5.91 Å². The second-order valence-electron chi connectivity index (χ2n) is 7.06. The lowest BCUT2D eigenvalue weighted by Crippen LogP contribution is -2.44. The molecule has 2 aliphatic rings. The fourth-order valence-electron chi connectivity index (χ4n) is 3.38. The van der Waals surface area contributed by atoms with Crippen molar-refractivity contribution in [3.63, 3.8) is 0 Å². The summed E-state index contributed by atoms with van der Waals surface area (Å²) >= 11 is 1.74. The average molecular weight is 353 g/mol. The van der Waals surface area contributed by atoms with Crippen LogP contribution in [-0.4, -0.2) is 72.8 Å². The van der Waals surface area contributed by atoms with Crippen LogP contribution in [0, 0.1) is 6.92 Å². The highest BCUT2D eigenvalue weighted by atomic mass is 32.1. The van der Waals surface area contributed by atoms with Crippen LogP contribution in [0.5, 0.6) is 0 Å². The van der Waals surface area contributed by atoms with Gasteiger partial charge in [0.1, 0.15) is 6.61 Å². The lowest BCUT2D eigenvalue weighted by atomic mass is 9.88. The molecule has 7 heteroatoms. The molecule has 2 aliphatic heterocycles. The van der Waals surface area contributed by atoms with Crippen molar-refractivity contribution >= 4 is 17.2 Å². The highest BCUT2D eigenvalue weighted by molar-refractivity contribution is 7.09. The van der Waals surface area contributed by atoms with E-state index in [1.807, 2.05) is 5.51 Å². The van der Waals surface area contributed by atoms with E-state index in [2.05, 4.69) is 16.8 Å². The molecule has 2 saturated heterocycles. The second kappa shape index (κ2) is 7.47. The summed E-state index contributed by atoms with van der Waals surface area (Å²) in [5.41, 5.74) is 3.02. The number of nitrogens with zero attached hydrogens (tertiary/aromatic N) is 3. The number of carbonyl (C=O) groups is 1. The summed E-state index contributed by atoms with van der Waals surface area (Å²) in [4.78, 5) is 21.4. The molecule has 0 radical (unpaired) electrons. The lowest BCUT2D eigenvalue weighted by molar-refractivity contribution is -0.135. The van der Waals surface area contributed by atoms with Crippen molar-refractivity contribution in [3.8, 4) is 0 Å². The molecule has 1 spiro atoms. The monoisotopic (exact) mass is 353 g/mol. The van der Waals surface area contributed by atoms with Gasteiger partial charge in [-0.25, -0.2) is 4.98 Å². The predicted octanol–water partition coefficient (Wildman–Crippen LogP) is 1.68. The van der Waals surface area contributed by atoms with Crippen LogP contribution in [-0.2, 0) is 20.8 Å². The smallest absolute Gasteiger partial charge is 0.248 e. The Morgan fingerprint density at radius 3 is 2.88 bits per heavy atom. The number of carbonyl (C=O) groups excluding carboxylic acids is 1. The molecule has 0 saturated carbocycles. The Balaban J connectivity index is 1.44. The van der Waals surface area contributed by atoms with Gasteiger partial charge in [0.05, 0.1) is 29.5 Å². The van der Waals surface area contributed by atoms with Crippen molar-refractivity contribution < 1.29 is 14.3 Å². The van der Waals surface area contributed by atoms with Crippen LogP contribution < -0.4 is 0 Å². The summed E-state index contributed by atoms with van der Waals surface area (Å²) in [6.07, 6.45) is 3.02. The molecule has 1 atom stereocenters. The summed E-state index contributed by atoms with van der Waals surface area (Å²) in [6.45, 7) is 5.90. The Hall–Kier alpha value is -1.02. The van der Waals surface area contributed by atoms with E-state index in [9.17, 15) is 4.79 Å². The summed E-state index contributed by atoms with van der Waals surface area (Å²) in [5.74, 6) is 0.00527. The molecule has 3 heterocycles. The largest absolute Gasteiger partial charge is 0.372 e. The molecule has 0 N–H and O–H groups in total. The molecule has 6 nitrogen and oxygen atoms in total. The van der Waals surface area contributed by atoms with Gasteiger partial charge in [-0.3, -0.25) is 9.69 Å². The van der Waals surface area contributed by atoms with E-state index >= 15 is 0 Å². The van der Waals surface area contributed by atoms with Crippen LogP contribution in [0.25, 0.3) is 0 Å². The molecular formula is C17H27N3O3S. The summed E-state index contributed by atoms with van der Waals surface area (Å²) in [5, 5.41) is 0. The molecule has 1 aromatic heterocycles. The first-order chi connectivity index (χ1) is 11.5.